The Morgan fingerprint density at radius 3 is 2.93 bits per heavy atom. The van der Waals surface area contributed by atoms with Crippen LogP contribution >= 0.6 is 15.9 Å². The molecule has 0 amide bonds. The fraction of sp³-hybridized carbons (Fsp3) is 0.111. The summed E-state index contributed by atoms with van der Waals surface area (Å²) in [7, 11) is 0. The summed E-state index contributed by atoms with van der Waals surface area (Å²) in [5.74, 6) is 0. The van der Waals surface area contributed by atoms with Gasteiger partial charge in [0.05, 0.1) is 18.1 Å². The van der Waals surface area contributed by atoms with Crippen LogP contribution in [0.4, 0.5) is 0 Å². The molecule has 0 atom stereocenters. The molecular weight excluding hydrogens is 244 g/mol. The van der Waals surface area contributed by atoms with Crippen LogP contribution in [-0.4, -0.2) is 15.0 Å². The molecule has 0 aliphatic carbocycles. The summed E-state index contributed by atoms with van der Waals surface area (Å²) >= 11 is 3.43. The minimum Gasteiger partial charge on any atom is -0.326 e. The fourth-order valence-corrected chi connectivity index (χ4v) is 1.61. The zero-order chi connectivity index (χ0) is 9.97. The standard InChI is InChI=1S/C9H9BrN4/c10-9-2-1-8(5-7(9)6-11)14-4-3-12-13-14/h1-5H,6,11H2. The van der Waals surface area contributed by atoms with Crippen LogP contribution < -0.4 is 5.73 Å². The summed E-state index contributed by atoms with van der Waals surface area (Å²) in [6, 6.07) is 5.90. The molecule has 0 radical (unpaired) electrons. The van der Waals surface area contributed by atoms with Crippen LogP contribution in [0.3, 0.4) is 0 Å². The monoisotopic (exact) mass is 252 g/mol. The largest absolute Gasteiger partial charge is 0.326 e. The van der Waals surface area contributed by atoms with Crippen LogP contribution in [0.5, 0.6) is 0 Å². The van der Waals surface area contributed by atoms with E-state index in [1.165, 1.54) is 0 Å². The van der Waals surface area contributed by atoms with E-state index >= 15 is 0 Å². The summed E-state index contributed by atoms with van der Waals surface area (Å²) in [6.45, 7) is 0.503. The van der Waals surface area contributed by atoms with Crippen LogP contribution in [0.15, 0.2) is 35.1 Å². The molecule has 1 heterocycles. The Morgan fingerprint density at radius 1 is 1.43 bits per heavy atom. The lowest BCUT2D eigenvalue weighted by Crippen LogP contribution is -2.01. The maximum atomic E-state index is 5.60. The average molecular weight is 253 g/mol. The highest BCUT2D eigenvalue weighted by Crippen LogP contribution is 2.19. The average Bonchev–Trinajstić information content (AvgIpc) is 2.71. The summed E-state index contributed by atoms with van der Waals surface area (Å²) in [5, 5.41) is 7.65. The van der Waals surface area contributed by atoms with Gasteiger partial charge in [0.25, 0.3) is 0 Å². The van der Waals surface area contributed by atoms with Crippen molar-refractivity contribution < 1.29 is 0 Å². The second-order valence-corrected chi connectivity index (χ2v) is 3.68. The molecule has 1 aromatic carbocycles. The van der Waals surface area contributed by atoms with Gasteiger partial charge in [0, 0.05) is 11.0 Å². The molecule has 0 bridgehead atoms. The summed E-state index contributed by atoms with van der Waals surface area (Å²) in [5.41, 5.74) is 7.62. The Hall–Kier alpha value is -1.20. The summed E-state index contributed by atoms with van der Waals surface area (Å²) < 4.78 is 2.72. The Labute approximate surface area is 89.9 Å². The minimum absolute atomic E-state index is 0.503. The van der Waals surface area contributed by atoms with E-state index in [2.05, 4.69) is 26.2 Å². The quantitative estimate of drug-likeness (QED) is 0.882. The van der Waals surface area contributed by atoms with Gasteiger partial charge in [-0.2, -0.15) is 0 Å². The topological polar surface area (TPSA) is 56.7 Å². The first kappa shape index (κ1) is 9.36. The fourth-order valence-electron chi connectivity index (χ4n) is 1.21. The molecule has 0 spiro atoms. The normalized spacial score (nSPS) is 10.4. The third-order valence-corrected chi connectivity index (χ3v) is 2.71. The maximum Gasteiger partial charge on any atom is 0.0697 e. The highest BCUT2D eigenvalue weighted by Gasteiger charge is 2.01. The highest BCUT2D eigenvalue weighted by molar-refractivity contribution is 9.10. The molecule has 2 N–H and O–H groups in total. The van der Waals surface area contributed by atoms with Crippen molar-refractivity contribution in [3.63, 3.8) is 0 Å². The van der Waals surface area contributed by atoms with Gasteiger partial charge < -0.3 is 5.73 Å². The molecular formula is C9H9BrN4. The zero-order valence-electron chi connectivity index (χ0n) is 7.39. The van der Waals surface area contributed by atoms with Crippen molar-refractivity contribution >= 4 is 15.9 Å². The maximum absolute atomic E-state index is 5.60. The molecule has 0 aliphatic heterocycles. The molecule has 14 heavy (non-hydrogen) atoms. The van der Waals surface area contributed by atoms with Gasteiger partial charge in [-0.15, -0.1) is 5.10 Å². The highest BCUT2D eigenvalue weighted by atomic mass is 79.9. The van der Waals surface area contributed by atoms with Crippen molar-refractivity contribution in [2.24, 2.45) is 5.73 Å². The van der Waals surface area contributed by atoms with Crippen molar-refractivity contribution in [3.05, 3.63) is 40.6 Å². The van der Waals surface area contributed by atoms with Gasteiger partial charge in [-0.1, -0.05) is 21.1 Å². The van der Waals surface area contributed by atoms with E-state index in [4.69, 9.17) is 5.73 Å². The lowest BCUT2D eigenvalue weighted by atomic mass is 10.2. The number of nitrogens with two attached hydrogens (primary N) is 1. The van der Waals surface area contributed by atoms with Crippen LogP contribution in [-0.2, 0) is 6.54 Å². The Balaban J connectivity index is 2.46. The van der Waals surface area contributed by atoms with Crippen molar-refractivity contribution in [1.82, 2.24) is 15.0 Å². The minimum atomic E-state index is 0.503. The molecule has 72 valence electrons. The first-order valence-electron chi connectivity index (χ1n) is 4.16. The van der Waals surface area contributed by atoms with E-state index in [0.717, 1.165) is 15.7 Å². The first-order valence-corrected chi connectivity index (χ1v) is 4.96. The molecule has 0 aliphatic rings. The smallest absolute Gasteiger partial charge is 0.0697 e. The Bertz CT molecular complexity index is 424. The number of hydrogen-bond acceptors (Lipinski definition) is 3. The third-order valence-electron chi connectivity index (χ3n) is 1.94. The van der Waals surface area contributed by atoms with Crippen LogP contribution in [0, 0.1) is 0 Å². The third kappa shape index (κ3) is 1.69. The second-order valence-electron chi connectivity index (χ2n) is 2.83. The SMILES string of the molecule is NCc1cc(-n2ccnn2)ccc1Br. The van der Waals surface area contributed by atoms with Crippen molar-refractivity contribution in [2.45, 2.75) is 6.54 Å². The van der Waals surface area contributed by atoms with Gasteiger partial charge in [0.15, 0.2) is 0 Å². The van der Waals surface area contributed by atoms with E-state index in [1.807, 2.05) is 18.2 Å². The number of aromatic nitrogens is 3. The number of benzene rings is 1. The van der Waals surface area contributed by atoms with E-state index in [-0.39, 0.29) is 0 Å². The lowest BCUT2D eigenvalue weighted by Gasteiger charge is -2.04. The van der Waals surface area contributed by atoms with Crippen molar-refractivity contribution in [1.29, 1.82) is 0 Å². The van der Waals surface area contributed by atoms with Gasteiger partial charge in [-0.3, -0.25) is 0 Å². The number of halogens is 1. The van der Waals surface area contributed by atoms with E-state index in [9.17, 15) is 0 Å². The predicted molar refractivity (Wildman–Crippen MR) is 57.0 cm³/mol. The van der Waals surface area contributed by atoms with E-state index in [0.29, 0.717) is 6.54 Å². The lowest BCUT2D eigenvalue weighted by molar-refractivity contribution is 0.801. The molecule has 0 fully saturated rings. The Morgan fingerprint density at radius 2 is 2.29 bits per heavy atom. The molecule has 0 saturated carbocycles. The van der Waals surface area contributed by atoms with Gasteiger partial charge in [-0.25, -0.2) is 4.68 Å². The molecule has 2 aromatic rings. The second kappa shape index (κ2) is 3.89. The van der Waals surface area contributed by atoms with E-state index in [1.54, 1.807) is 17.1 Å². The van der Waals surface area contributed by atoms with E-state index < -0.39 is 0 Å². The molecule has 5 heteroatoms. The summed E-state index contributed by atoms with van der Waals surface area (Å²) in [6.07, 6.45) is 3.44. The first-order chi connectivity index (χ1) is 6.81. The number of rotatable bonds is 2. The zero-order valence-corrected chi connectivity index (χ0v) is 8.98. The summed E-state index contributed by atoms with van der Waals surface area (Å²) in [4.78, 5) is 0. The van der Waals surface area contributed by atoms with Gasteiger partial charge in [0.2, 0.25) is 0 Å². The Kier molecular flexibility index (Phi) is 2.60. The van der Waals surface area contributed by atoms with Crippen LogP contribution in [0.1, 0.15) is 5.56 Å². The molecule has 2 rings (SSSR count). The van der Waals surface area contributed by atoms with Crippen molar-refractivity contribution in [3.8, 4) is 5.69 Å². The van der Waals surface area contributed by atoms with Gasteiger partial charge in [0.1, 0.15) is 0 Å². The van der Waals surface area contributed by atoms with Crippen LogP contribution in [0.25, 0.3) is 5.69 Å². The number of hydrogen-bond donors (Lipinski definition) is 1. The van der Waals surface area contributed by atoms with Crippen molar-refractivity contribution in [2.75, 3.05) is 0 Å². The molecule has 0 saturated heterocycles. The molecule has 4 nitrogen and oxygen atoms in total. The number of nitrogens with zero attached hydrogens (tertiary/aromatic N) is 3. The predicted octanol–water partition coefficient (Wildman–Crippen LogP) is 1.49. The molecule has 0 unspecified atom stereocenters. The van der Waals surface area contributed by atoms with Crippen LogP contribution in [0.2, 0.25) is 0 Å². The van der Waals surface area contributed by atoms with Gasteiger partial charge >= 0.3 is 0 Å². The van der Waals surface area contributed by atoms with Gasteiger partial charge in [-0.05, 0) is 23.8 Å². The molecule has 1 aromatic heterocycles.